The van der Waals surface area contributed by atoms with E-state index in [1.54, 1.807) is 0 Å². The topological polar surface area (TPSA) is 87.3 Å². The number of hydrogen-bond donors (Lipinski definition) is 3. The van der Waals surface area contributed by atoms with Crippen molar-refractivity contribution in [1.82, 2.24) is 15.4 Å². The molecule has 0 saturated heterocycles. The van der Waals surface area contributed by atoms with Gasteiger partial charge in [0.25, 0.3) is 0 Å². The predicted octanol–water partition coefficient (Wildman–Crippen LogP) is 0.733. The van der Waals surface area contributed by atoms with Gasteiger partial charge in [0, 0.05) is 11.6 Å². The summed E-state index contributed by atoms with van der Waals surface area (Å²) in [5.41, 5.74) is 0. The molecule has 8 heteroatoms. The van der Waals surface area contributed by atoms with E-state index in [1.807, 2.05) is 7.05 Å². The van der Waals surface area contributed by atoms with Crippen LogP contribution in [0.2, 0.25) is 5.02 Å². The number of amides is 1. The van der Waals surface area contributed by atoms with Crippen molar-refractivity contribution in [3.63, 3.8) is 0 Å². The van der Waals surface area contributed by atoms with Gasteiger partial charge in [0.15, 0.2) is 0 Å². The fraction of sp³-hybridized carbons (Fsp3) is 0.462. The highest BCUT2D eigenvalue weighted by molar-refractivity contribution is 7.89. The molecule has 118 valence electrons. The second-order valence-corrected chi connectivity index (χ2v) is 6.70. The van der Waals surface area contributed by atoms with Gasteiger partial charge in [-0.15, -0.1) is 0 Å². The number of hydrogen-bond acceptors (Lipinski definition) is 4. The molecule has 1 aromatic carbocycles. The van der Waals surface area contributed by atoms with E-state index < -0.39 is 16.1 Å². The van der Waals surface area contributed by atoms with Gasteiger partial charge in [-0.2, -0.15) is 4.72 Å². The van der Waals surface area contributed by atoms with Crippen LogP contribution in [0.15, 0.2) is 29.2 Å². The van der Waals surface area contributed by atoms with Crippen molar-refractivity contribution in [3.05, 3.63) is 29.3 Å². The van der Waals surface area contributed by atoms with E-state index in [9.17, 15) is 13.2 Å². The molecule has 21 heavy (non-hydrogen) atoms. The monoisotopic (exact) mass is 333 g/mol. The second-order valence-electron chi connectivity index (χ2n) is 4.55. The number of sulfonamides is 1. The minimum absolute atomic E-state index is 0.0710. The van der Waals surface area contributed by atoms with Crippen LogP contribution in [0.3, 0.4) is 0 Å². The molecule has 0 spiro atoms. The van der Waals surface area contributed by atoms with Gasteiger partial charge in [0.1, 0.15) is 0 Å². The van der Waals surface area contributed by atoms with Crippen LogP contribution in [0.5, 0.6) is 0 Å². The summed E-state index contributed by atoms with van der Waals surface area (Å²) >= 11 is 5.72. The Balaban J connectivity index is 2.58. The Bertz CT molecular complexity index is 561. The van der Waals surface area contributed by atoms with Crippen molar-refractivity contribution < 1.29 is 13.2 Å². The first-order valence-corrected chi connectivity index (χ1v) is 8.43. The quantitative estimate of drug-likeness (QED) is 0.612. The Morgan fingerprint density at radius 3 is 2.43 bits per heavy atom. The van der Waals surface area contributed by atoms with Crippen LogP contribution >= 0.6 is 11.6 Å². The van der Waals surface area contributed by atoms with Crippen LogP contribution < -0.4 is 15.4 Å². The van der Waals surface area contributed by atoms with Gasteiger partial charge in [-0.05, 0) is 51.2 Å². The van der Waals surface area contributed by atoms with E-state index in [4.69, 9.17) is 11.6 Å². The Hall–Kier alpha value is -1.15. The first-order chi connectivity index (χ1) is 9.86. The van der Waals surface area contributed by atoms with Gasteiger partial charge in [-0.25, -0.2) is 8.42 Å². The van der Waals surface area contributed by atoms with Gasteiger partial charge in [-0.3, -0.25) is 4.79 Å². The largest absolute Gasteiger partial charge is 0.355 e. The lowest BCUT2D eigenvalue weighted by atomic mass is 10.3. The number of benzene rings is 1. The number of carbonyl (C=O) groups is 1. The summed E-state index contributed by atoms with van der Waals surface area (Å²) in [6.45, 7) is 2.78. The van der Waals surface area contributed by atoms with Crippen molar-refractivity contribution in [2.45, 2.75) is 24.3 Å². The molecule has 1 unspecified atom stereocenters. The average Bonchev–Trinajstić information content (AvgIpc) is 2.43. The van der Waals surface area contributed by atoms with Gasteiger partial charge in [-0.1, -0.05) is 11.6 Å². The summed E-state index contributed by atoms with van der Waals surface area (Å²) in [5.74, 6) is -0.358. The highest BCUT2D eigenvalue weighted by Gasteiger charge is 2.21. The molecule has 0 aliphatic carbocycles. The van der Waals surface area contributed by atoms with Gasteiger partial charge >= 0.3 is 0 Å². The molecule has 1 atom stereocenters. The lowest BCUT2D eigenvalue weighted by Gasteiger charge is -2.14. The van der Waals surface area contributed by atoms with Crippen LogP contribution in [0.4, 0.5) is 0 Å². The third kappa shape index (κ3) is 6.01. The SMILES string of the molecule is CNCCCNC(=O)C(C)NS(=O)(=O)c1ccc(Cl)cc1. The minimum Gasteiger partial charge on any atom is -0.355 e. The van der Waals surface area contributed by atoms with Crippen LogP contribution in [-0.4, -0.2) is 40.5 Å². The zero-order chi connectivity index (χ0) is 15.9. The third-order valence-electron chi connectivity index (χ3n) is 2.75. The van der Waals surface area contributed by atoms with Crippen LogP contribution in [0.1, 0.15) is 13.3 Å². The highest BCUT2D eigenvalue weighted by Crippen LogP contribution is 2.14. The molecule has 0 bridgehead atoms. The average molecular weight is 334 g/mol. The Labute approximate surface area is 130 Å². The number of halogens is 1. The normalized spacial score (nSPS) is 12.9. The maximum Gasteiger partial charge on any atom is 0.241 e. The second kappa shape index (κ2) is 8.33. The zero-order valence-corrected chi connectivity index (χ0v) is 13.6. The van der Waals surface area contributed by atoms with E-state index >= 15 is 0 Å². The maximum absolute atomic E-state index is 12.1. The summed E-state index contributed by atoms with van der Waals surface area (Å²) in [6, 6.07) is 4.90. The fourth-order valence-corrected chi connectivity index (χ4v) is 2.93. The smallest absolute Gasteiger partial charge is 0.241 e. The summed E-state index contributed by atoms with van der Waals surface area (Å²) in [5, 5.41) is 6.08. The summed E-state index contributed by atoms with van der Waals surface area (Å²) in [7, 11) is -1.91. The molecule has 0 aromatic heterocycles. The summed E-state index contributed by atoms with van der Waals surface area (Å²) < 4.78 is 26.5. The minimum atomic E-state index is -3.74. The van der Waals surface area contributed by atoms with Crippen LogP contribution in [0, 0.1) is 0 Å². The number of rotatable bonds is 8. The lowest BCUT2D eigenvalue weighted by molar-refractivity contribution is -0.122. The van der Waals surface area contributed by atoms with Gasteiger partial charge in [0.05, 0.1) is 10.9 Å². The van der Waals surface area contributed by atoms with Gasteiger partial charge < -0.3 is 10.6 Å². The van der Waals surface area contributed by atoms with E-state index in [2.05, 4.69) is 15.4 Å². The maximum atomic E-state index is 12.1. The van der Waals surface area contributed by atoms with Crippen LogP contribution in [0.25, 0.3) is 0 Å². The van der Waals surface area contributed by atoms with Crippen molar-refractivity contribution >= 4 is 27.5 Å². The molecule has 0 aliphatic rings. The standard InChI is InChI=1S/C13H20ClN3O3S/c1-10(13(18)16-9-3-8-15-2)17-21(19,20)12-6-4-11(14)5-7-12/h4-7,10,15,17H,3,8-9H2,1-2H3,(H,16,18). The van der Waals surface area contributed by atoms with Crippen molar-refractivity contribution in [1.29, 1.82) is 0 Å². The number of nitrogens with one attached hydrogen (secondary N) is 3. The molecule has 1 amide bonds. The molecule has 3 N–H and O–H groups in total. The van der Waals surface area contributed by atoms with E-state index in [0.717, 1.165) is 13.0 Å². The molecule has 1 aromatic rings. The van der Waals surface area contributed by atoms with E-state index in [0.29, 0.717) is 11.6 Å². The van der Waals surface area contributed by atoms with Crippen molar-refractivity contribution in [3.8, 4) is 0 Å². The highest BCUT2D eigenvalue weighted by atomic mass is 35.5. The first kappa shape index (κ1) is 17.9. The number of carbonyl (C=O) groups excluding carboxylic acids is 1. The summed E-state index contributed by atoms with van der Waals surface area (Å²) in [4.78, 5) is 11.9. The molecule has 0 radical (unpaired) electrons. The van der Waals surface area contributed by atoms with E-state index in [-0.39, 0.29) is 10.8 Å². The van der Waals surface area contributed by atoms with Crippen molar-refractivity contribution in [2.24, 2.45) is 0 Å². The van der Waals surface area contributed by atoms with E-state index in [1.165, 1.54) is 31.2 Å². The molecular weight excluding hydrogens is 314 g/mol. The van der Waals surface area contributed by atoms with Crippen molar-refractivity contribution in [2.75, 3.05) is 20.1 Å². The molecular formula is C13H20ClN3O3S. The molecule has 6 nitrogen and oxygen atoms in total. The Kier molecular flexibility index (Phi) is 7.10. The molecule has 0 aliphatic heterocycles. The Morgan fingerprint density at radius 1 is 1.24 bits per heavy atom. The molecule has 0 fully saturated rings. The van der Waals surface area contributed by atoms with Crippen LogP contribution in [-0.2, 0) is 14.8 Å². The first-order valence-electron chi connectivity index (χ1n) is 6.57. The molecule has 0 heterocycles. The predicted molar refractivity (Wildman–Crippen MR) is 82.8 cm³/mol. The summed E-state index contributed by atoms with van der Waals surface area (Å²) in [6.07, 6.45) is 0.777. The third-order valence-corrected chi connectivity index (χ3v) is 4.56. The zero-order valence-electron chi connectivity index (χ0n) is 12.0. The molecule has 0 saturated carbocycles. The Morgan fingerprint density at radius 2 is 1.86 bits per heavy atom. The lowest BCUT2D eigenvalue weighted by Crippen LogP contribution is -2.45. The molecule has 1 rings (SSSR count). The fourth-order valence-electron chi connectivity index (χ4n) is 1.60. The van der Waals surface area contributed by atoms with Gasteiger partial charge in [0.2, 0.25) is 15.9 Å².